The van der Waals surface area contributed by atoms with Gasteiger partial charge in [-0.05, 0) is 36.6 Å². The Bertz CT molecular complexity index is 495. The summed E-state index contributed by atoms with van der Waals surface area (Å²) in [5, 5.41) is 31.7. The highest BCUT2D eigenvalue weighted by Crippen LogP contribution is 2.37. The van der Waals surface area contributed by atoms with E-state index >= 15 is 0 Å². The second-order valence-electron chi connectivity index (χ2n) is 5.73. The zero-order chi connectivity index (χ0) is 16.1. The lowest BCUT2D eigenvalue weighted by Crippen LogP contribution is -2.42. The molecule has 124 valence electrons. The fourth-order valence-corrected chi connectivity index (χ4v) is 2.98. The Morgan fingerprint density at radius 3 is 2.91 bits per heavy atom. The Balaban J connectivity index is 2.03. The number of benzene rings is 1. The van der Waals surface area contributed by atoms with E-state index in [1.165, 1.54) is 0 Å². The summed E-state index contributed by atoms with van der Waals surface area (Å²) < 4.78 is 5.19. The van der Waals surface area contributed by atoms with Gasteiger partial charge in [-0.1, -0.05) is 0 Å². The third-order valence-corrected chi connectivity index (χ3v) is 4.22. The topological polar surface area (TPSA) is 85.2 Å². The maximum Gasteiger partial charge on any atom is 0.160 e. The van der Waals surface area contributed by atoms with Gasteiger partial charge in [-0.15, -0.1) is 0 Å². The fourth-order valence-electron chi connectivity index (χ4n) is 2.98. The van der Waals surface area contributed by atoms with Crippen LogP contribution in [0, 0.1) is 0 Å². The van der Waals surface area contributed by atoms with Crippen LogP contribution in [0.25, 0.3) is 0 Å². The first-order valence-corrected chi connectivity index (χ1v) is 7.70. The van der Waals surface area contributed by atoms with Crippen LogP contribution in [0.2, 0.25) is 0 Å². The molecule has 0 aromatic heterocycles. The van der Waals surface area contributed by atoms with Gasteiger partial charge in [0.1, 0.15) is 0 Å². The van der Waals surface area contributed by atoms with Gasteiger partial charge in [0.2, 0.25) is 0 Å². The molecule has 0 aliphatic carbocycles. The van der Waals surface area contributed by atoms with Gasteiger partial charge in [0.05, 0.1) is 19.8 Å². The first kappa shape index (κ1) is 17.0. The molecule has 2 rings (SSSR count). The number of aliphatic hydroxyl groups excluding tert-OH is 2. The lowest BCUT2D eigenvalue weighted by Gasteiger charge is -2.36. The molecule has 1 aromatic carbocycles. The lowest BCUT2D eigenvalue weighted by atomic mass is 9.92. The fraction of sp³-hybridized carbons (Fsp3) is 0.625. The quantitative estimate of drug-likeness (QED) is 0.541. The Morgan fingerprint density at radius 1 is 1.45 bits per heavy atom. The maximum absolute atomic E-state index is 10.1. The largest absolute Gasteiger partial charge is 0.504 e. The monoisotopic (exact) mass is 310 g/mol. The van der Waals surface area contributed by atoms with Crippen molar-refractivity contribution in [2.24, 2.45) is 0 Å². The molecule has 1 aliphatic rings. The molecule has 0 unspecified atom stereocenters. The van der Waals surface area contributed by atoms with Crippen molar-refractivity contribution in [1.29, 1.82) is 0 Å². The third kappa shape index (κ3) is 3.89. The zero-order valence-electron chi connectivity index (χ0n) is 13.2. The summed E-state index contributed by atoms with van der Waals surface area (Å²) in [6.45, 7) is 4.55. The van der Waals surface area contributed by atoms with Gasteiger partial charge in [-0.25, -0.2) is 0 Å². The van der Waals surface area contributed by atoms with Crippen molar-refractivity contribution in [2.75, 3.05) is 39.9 Å². The first-order chi connectivity index (χ1) is 10.6. The summed E-state index contributed by atoms with van der Waals surface area (Å²) in [7, 11) is 1.54. The van der Waals surface area contributed by atoms with E-state index in [0.717, 1.165) is 24.1 Å². The predicted molar refractivity (Wildman–Crippen MR) is 84.3 cm³/mol. The molecule has 22 heavy (non-hydrogen) atoms. The number of phenols is 1. The summed E-state index contributed by atoms with van der Waals surface area (Å²) in [6, 6.07) is 3.82. The van der Waals surface area contributed by atoms with Crippen molar-refractivity contribution in [3.8, 4) is 11.5 Å². The van der Waals surface area contributed by atoms with E-state index in [-0.39, 0.29) is 18.4 Å². The van der Waals surface area contributed by atoms with Gasteiger partial charge in [-0.3, -0.25) is 4.90 Å². The number of β-amino-alcohol motifs (C(OH)–C–C–N with tert-alkyl or cyclic N) is 1. The Kier molecular flexibility index (Phi) is 6.02. The number of aromatic hydroxyl groups is 1. The molecule has 1 aromatic rings. The summed E-state index contributed by atoms with van der Waals surface area (Å²) in [6.07, 6.45) is 0.364. The third-order valence-electron chi connectivity index (χ3n) is 4.22. The second-order valence-corrected chi connectivity index (χ2v) is 5.73. The van der Waals surface area contributed by atoms with E-state index in [4.69, 9.17) is 9.84 Å². The highest BCUT2D eigenvalue weighted by atomic mass is 16.5. The molecular weight excluding hydrogens is 284 g/mol. The van der Waals surface area contributed by atoms with Gasteiger partial charge >= 0.3 is 0 Å². The number of rotatable bonds is 7. The second kappa shape index (κ2) is 7.78. The molecule has 0 amide bonds. The van der Waals surface area contributed by atoms with Gasteiger partial charge in [0.15, 0.2) is 11.5 Å². The van der Waals surface area contributed by atoms with Crippen LogP contribution in [0.15, 0.2) is 12.1 Å². The van der Waals surface area contributed by atoms with Gasteiger partial charge < -0.3 is 25.4 Å². The molecule has 0 saturated carbocycles. The van der Waals surface area contributed by atoms with Gasteiger partial charge in [-0.2, -0.15) is 0 Å². The number of phenolic OH excluding ortho intramolecular Hbond substituents is 1. The Hall–Kier alpha value is -1.34. The van der Waals surface area contributed by atoms with Crippen LogP contribution < -0.4 is 10.1 Å². The number of aliphatic hydroxyl groups is 2. The molecule has 1 heterocycles. The number of fused-ring (bicyclic) bond motifs is 1. The molecule has 0 bridgehead atoms. The average Bonchev–Trinajstić information content (AvgIpc) is 2.50. The minimum atomic E-state index is -0.477. The molecule has 4 N–H and O–H groups in total. The van der Waals surface area contributed by atoms with Crippen LogP contribution in [0.3, 0.4) is 0 Å². The number of hydrogen-bond acceptors (Lipinski definition) is 6. The van der Waals surface area contributed by atoms with Crippen LogP contribution in [0.1, 0.15) is 24.1 Å². The minimum Gasteiger partial charge on any atom is -0.504 e. The van der Waals surface area contributed by atoms with E-state index in [2.05, 4.69) is 17.1 Å². The van der Waals surface area contributed by atoms with Crippen molar-refractivity contribution in [3.05, 3.63) is 23.3 Å². The molecular formula is C16H26N2O4. The summed E-state index contributed by atoms with van der Waals surface area (Å²) in [4.78, 5) is 2.23. The van der Waals surface area contributed by atoms with Crippen LogP contribution in [-0.2, 0) is 6.42 Å². The molecule has 0 spiro atoms. The van der Waals surface area contributed by atoms with E-state index in [1.54, 1.807) is 13.2 Å². The van der Waals surface area contributed by atoms with Crippen LogP contribution in [0.4, 0.5) is 0 Å². The van der Waals surface area contributed by atoms with Crippen molar-refractivity contribution < 1.29 is 20.1 Å². The van der Waals surface area contributed by atoms with E-state index in [1.807, 2.05) is 6.07 Å². The van der Waals surface area contributed by atoms with E-state index in [0.29, 0.717) is 25.4 Å². The van der Waals surface area contributed by atoms with Gasteiger partial charge in [0, 0.05) is 32.2 Å². The van der Waals surface area contributed by atoms with Crippen molar-refractivity contribution in [3.63, 3.8) is 0 Å². The van der Waals surface area contributed by atoms with Gasteiger partial charge in [0.25, 0.3) is 0 Å². The summed E-state index contributed by atoms with van der Waals surface area (Å²) >= 11 is 0. The molecule has 0 radical (unpaired) electrons. The molecule has 2 atom stereocenters. The smallest absolute Gasteiger partial charge is 0.160 e. The van der Waals surface area contributed by atoms with Crippen molar-refractivity contribution in [1.82, 2.24) is 10.2 Å². The van der Waals surface area contributed by atoms with Crippen LogP contribution in [-0.4, -0.2) is 66.2 Å². The maximum atomic E-state index is 10.1. The van der Waals surface area contributed by atoms with Crippen LogP contribution in [0.5, 0.6) is 11.5 Å². The standard InChI is InChI=1S/C16H26N2O4/c1-11-14-8-16(22-2)15(21)7-12(14)3-5-18(11)10-13(20)9-17-4-6-19/h7-8,11,13,17,19-21H,3-6,9-10H2,1-2H3/t11-,13+/m1/s1. The number of nitrogens with one attached hydrogen (secondary N) is 1. The van der Waals surface area contributed by atoms with Crippen molar-refractivity contribution >= 4 is 0 Å². The molecule has 6 heteroatoms. The lowest BCUT2D eigenvalue weighted by molar-refractivity contribution is 0.0850. The van der Waals surface area contributed by atoms with E-state index < -0.39 is 6.10 Å². The highest BCUT2D eigenvalue weighted by molar-refractivity contribution is 5.48. The number of methoxy groups -OCH3 is 1. The predicted octanol–water partition coefficient (Wildman–Crippen LogP) is 0.263. The number of nitrogens with zero attached hydrogens (tertiary/aromatic N) is 1. The van der Waals surface area contributed by atoms with E-state index in [9.17, 15) is 10.2 Å². The number of ether oxygens (including phenoxy) is 1. The Morgan fingerprint density at radius 2 is 2.23 bits per heavy atom. The molecule has 0 saturated heterocycles. The Labute approximate surface area is 131 Å². The summed E-state index contributed by atoms with van der Waals surface area (Å²) in [5.74, 6) is 0.660. The normalized spacial score (nSPS) is 19.7. The zero-order valence-corrected chi connectivity index (χ0v) is 13.2. The average molecular weight is 310 g/mol. The SMILES string of the molecule is COc1cc2c(cc1O)CCN(C[C@@H](O)CNCCO)[C@@H]2C. The number of hydrogen-bond donors (Lipinski definition) is 4. The van der Waals surface area contributed by atoms with Crippen molar-refractivity contribution in [2.45, 2.75) is 25.5 Å². The highest BCUT2D eigenvalue weighted by Gasteiger charge is 2.26. The molecule has 0 fully saturated rings. The molecule has 1 aliphatic heterocycles. The van der Waals surface area contributed by atoms with Crippen LogP contribution >= 0.6 is 0 Å². The minimum absolute atomic E-state index is 0.0729. The summed E-state index contributed by atoms with van der Waals surface area (Å²) in [5.41, 5.74) is 2.27. The molecule has 6 nitrogen and oxygen atoms in total. The first-order valence-electron chi connectivity index (χ1n) is 7.70.